The lowest BCUT2D eigenvalue weighted by Gasteiger charge is -2.45. The molecule has 0 saturated heterocycles. The van der Waals surface area contributed by atoms with E-state index in [4.69, 9.17) is 10.5 Å². The van der Waals surface area contributed by atoms with E-state index in [0.717, 1.165) is 0 Å². The van der Waals surface area contributed by atoms with Crippen molar-refractivity contribution in [3.8, 4) is 5.75 Å². The molecule has 10 heteroatoms. The zero-order valence-corrected chi connectivity index (χ0v) is 19.2. The van der Waals surface area contributed by atoms with Crippen LogP contribution in [-0.4, -0.2) is 41.4 Å². The summed E-state index contributed by atoms with van der Waals surface area (Å²) in [5.74, 6) is 0.529. The molecule has 0 fully saturated rings. The fraction of sp³-hybridized carbons (Fsp3) is 0.579. The summed E-state index contributed by atoms with van der Waals surface area (Å²) in [4.78, 5) is 15.4. The van der Waals surface area contributed by atoms with Crippen LogP contribution >= 0.6 is 0 Å². The lowest BCUT2D eigenvalue weighted by Crippen LogP contribution is -2.58. The predicted octanol–water partition coefficient (Wildman–Crippen LogP) is 2.50. The standard InChI is InChI=1S/C19H31FN6O2Si/c1-18(2,3)29(20,19(4,5)6)15-10-23-17(8-14(15)28-7)22-9-13-11-26(25-24-13)12-16(21)27/h8,10-11H,9,12H2,1-7H3,(H2,21,27)(H,22,23). The summed E-state index contributed by atoms with van der Waals surface area (Å²) in [7, 11) is -1.96. The number of amides is 1. The second-order valence-corrected chi connectivity index (χ2v) is 14.0. The minimum absolute atomic E-state index is 0.0312. The molecule has 3 N–H and O–H groups in total. The van der Waals surface area contributed by atoms with Crippen LogP contribution in [0.1, 0.15) is 47.2 Å². The number of nitrogens with one attached hydrogen (secondary N) is 1. The van der Waals surface area contributed by atoms with E-state index in [1.807, 2.05) is 41.5 Å². The minimum Gasteiger partial charge on any atom is -0.497 e. The Bertz CT molecular complexity index is 858. The van der Waals surface area contributed by atoms with Crippen molar-refractivity contribution in [2.45, 2.75) is 64.7 Å². The average Bonchev–Trinajstić information content (AvgIpc) is 3.03. The Labute approximate surface area is 172 Å². The smallest absolute Gasteiger partial charge is 0.293 e. The van der Waals surface area contributed by atoms with E-state index in [1.54, 1.807) is 18.5 Å². The number of pyridine rings is 1. The third-order valence-corrected chi connectivity index (χ3v) is 10.1. The Morgan fingerprint density at radius 1 is 1.28 bits per heavy atom. The Kier molecular flexibility index (Phi) is 6.36. The Morgan fingerprint density at radius 3 is 2.41 bits per heavy atom. The van der Waals surface area contributed by atoms with E-state index in [9.17, 15) is 4.79 Å². The highest BCUT2D eigenvalue weighted by Gasteiger charge is 2.58. The number of primary amides is 1. The molecule has 8 nitrogen and oxygen atoms in total. The Hall–Kier alpha value is -2.49. The van der Waals surface area contributed by atoms with Crippen molar-refractivity contribution >= 4 is 25.3 Å². The summed E-state index contributed by atoms with van der Waals surface area (Å²) in [5, 5.41) is 10.4. The van der Waals surface area contributed by atoms with Gasteiger partial charge in [-0.3, -0.25) is 4.79 Å². The Balaban J connectivity index is 2.28. The van der Waals surface area contributed by atoms with Gasteiger partial charge < -0.3 is 19.9 Å². The van der Waals surface area contributed by atoms with Crippen molar-refractivity contribution in [2.75, 3.05) is 12.4 Å². The summed E-state index contributed by atoms with van der Waals surface area (Å²) >= 11 is 0. The maximum absolute atomic E-state index is 16.6. The fourth-order valence-electron chi connectivity index (χ4n) is 3.73. The number of nitrogens with two attached hydrogens (primary N) is 1. The lowest BCUT2D eigenvalue weighted by atomic mass is 10.2. The predicted molar refractivity (Wildman–Crippen MR) is 113 cm³/mol. The number of methoxy groups -OCH3 is 1. The molecule has 0 aromatic carbocycles. The van der Waals surface area contributed by atoms with Crippen LogP contribution in [0.15, 0.2) is 18.5 Å². The second kappa shape index (κ2) is 8.09. The molecule has 0 atom stereocenters. The van der Waals surface area contributed by atoms with Gasteiger partial charge >= 0.3 is 0 Å². The molecule has 29 heavy (non-hydrogen) atoms. The lowest BCUT2D eigenvalue weighted by molar-refractivity contribution is -0.118. The maximum Gasteiger partial charge on any atom is 0.293 e. The van der Waals surface area contributed by atoms with Crippen LogP contribution < -0.4 is 21.0 Å². The summed E-state index contributed by atoms with van der Waals surface area (Å²) < 4.78 is 23.5. The number of anilines is 1. The van der Waals surface area contributed by atoms with Crippen molar-refractivity contribution in [2.24, 2.45) is 5.73 Å². The molecule has 0 bridgehead atoms. The van der Waals surface area contributed by atoms with Crippen molar-refractivity contribution < 1.29 is 13.6 Å². The molecule has 0 spiro atoms. The van der Waals surface area contributed by atoms with E-state index < -0.39 is 24.4 Å². The normalized spacial score (nSPS) is 12.7. The first-order chi connectivity index (χ1) is 13.3. The maximum atomic E-state index is 16.6. The van der Waals surface area contributed by atoms with Gasteiger partial charge in [0.2, 0.25) is 5.91 Å². The van der Waals surface area contributed by atoms with Crippen molar-refractivity contribution in [3.63, 3.8) is 0 Å². The topological polar surface area (TPSA) is 108 Å². The molecule has 160 valence electrons. The van der Waals surface area contributed by atoms with Crippen LogP contribution in [0.5, 0.6) is 5.75 Å². The number of hydrogen-bond acceptors (Lipinski definition) is 6. The summed E-state index contributed by atoms with van der Waals surface area (Å²) in [6.07, 6.45) is 3.22. The highest BCUT2D eigenvalue weighted by molar-refractivity contribution is 6.91. The Morgan fingerprint density at radius 2 is 1.90 bits per heavy atom. The van der Waals surface area contributed by atoms with Gasteiger partial charge in [-0.15, -0.1) is 5.10 Å². The molecule has 0 aliphatic heterocycles. The third kappa shape index (κ3) is 4.74. The van der Waals surface area contributed by atoms with Crippen molar-refractivity contribution in [3.05, 3.63) is 24.2 Å². The van der Waals surface area contributed by atoms with E-state index >= 15 is 4.11 Å². The minimum atomic E-state index is -3.50. The van der Waals surface area contributed by atoms with Crippen molar-refractivity contribution in [1.82, 2.24) is 20.0 Å². The molecule has 2 aromatic rings. The number of ether oxygens (including phenoxy) is 1. The number of carbonyl (C=O) groups is 1. The number of hydrogen-bond donors (Lipinski definition) is 2. The van der Waals surface area contributed by atoms with Gasteiger partial charge in [-0.05, 0) is 10.1 Å². The molecule has 0 unspecified atom stereocenters. The summed E-state index contributed by atoms with van der Waals surface area (Å²) in [6.45, 7) is 11.9. The molecule has 0 aliphatic rings. The monoisotopic (exact) mass is 422 g/mol. The first kappa shape index (κ1) is 22.8. The van der Waals surface area contributed by atoms with Crippen molar-refractivity contribution in [1.29, 1.82) is 0 Å². The molecule has 0 radical (unpaired) electrons. The van der Waals surface area contributed by atoms with Gasteiger partial charge in [-0.25, -0.2) is 9.67 Å². The zero-order chi connectivity index (χ0) is 22.0. The number of carbonyl (C=O) groups excluding carboxylic acids is 1. The number of nitrogens with zero attached hydrogens (tertiary/aromatic N) is 4. The average molecular weight is 423 g/mol. The van der Waals surface area contributed by atoms with Crippen LogP contribution in [0, 0.1) is 0 Å². The van der Waals surface area contributed by atoms with E-state index in [1.165, 1.54) is 11.8 Å². The van der Waals surface area contributed by atoms with Gasteiger partial charge in [0, 0.05) is 17.4 Å². The van der Waals surface area contributed by atoms with Crippen LogP contribution in [0.3, 0.4) is 0 Å². The number of halogens is 1. The molecular formula is C19H31FN6O2Si. The largest absolute Gasteiger partial charge is 0.497 e. The van der Waals surface area contributed by atoms with Gasteiger partial charge in [0.25, 0.3) is 8.41 Å². The van der Waals surface area contributed by atoms with Crippen LogP contribution in [0.4, 0.5) is 9.93 Å². The van der Waals surface area contributed by atoms with E-state index in [2.05, 4.69) is 20.6 Å². The van der Waals surface area contributed by atoms with E-state index in [0.29, 0.717) is 29.0 Å². The SMILES string of the molecule is COc1cc(NCc2cn(CC(N)=O)nn2)ncc1[Si](F)(C(C)(C)C)C(C)(C)C. The first-order valence-electron chi connectivity index (χ1n) is 9.44. The summed E-state index contributed by atoms with van der Waals surface area (Å²) in [5.41, 5.74) is 5.77. The van der Waals surface area contributed by atoms with E-state index in [-0.39, 0.29) is 6.54 Å². The first-order valence-corrected chi connectivity index (χ1v) is 11.3. The van der Waals surface area contributed by atoms with Crippen LogP contribution in [-0.2, 0) is 17.9 Å². The van der Waals surface area contributed by atoms with Gasteiger partial charge in [0.15, 0.2) is 0 Å². The second-order valence-electron chi connectivity index (χ2n) is 9.16. The fourth-order valence-corrected chi connectivity index (χ4v) is 8.35. The highest BCUT2D eigenvalue weighted by atomic mass is 28.4. The third-order valence-electron chi connectivity index (χ3n) is 4.88. The van der Waals surface area contributed by atoms with Crippen LogP contribution in [0.2, 0.25) is 10.1 Å². The van der Waals surface area contributed by atoms with Gasteiger partial charge in [0.05, 0.1) is 19.9 Å². The van der Waals surface area contributed by atoms with Gasteiger partial charge in [-0.2, -0.15) is 0 Å². The van der Waals surface area contributed by atoms with Crippen LogP contribution in [0.25, 0.3) is 0 Å². The molecule has 1 amide bonds. The number of aromatic nitrogens is 4. The molecule has 2 rings (SSSR count). The molecule has 0 saturated carbocycles. The number of rotatable bonds is 7. The molecule has 2 aromatic heterocycles. The molecule has 0 aliphatic carbocycles. The van der Waals surface area contributed by atoms with Gasteiger partial charge in [0.1, 0.15) is 23.8 Å². The quantitative estimate of drug-likeness (QED) is 0.524. The highest BCUT2D eigenvalue weighted by Crippen LogP contribution is 2.52. The molecule has 2 heterocycles. The van der Waals surface area contributed by atoms with Gasteiger partial charge in [-0.1, -0.05) is 46.8 Å². The zero-order valence-electron chi connectivity index (χ0n) is 18.2. The summed E-state index contributed by atoms with van der Waals surface area (Å²) in [6, 6.07) is 1.71. The molecular weight excluding hydrogens is 391 g/mol.